The minimum atomic E-state index is -0.624. The van der Waals surface area contributed by atoms with Crippen molar-refractivity contribution in [2.45, 2.75) is 52.1 Å². The number of carbonyl (C=O) groups excluding carboxylic acids is 2. The van der Waals surface area contributed by atoms with Gasteiger partial charge in [-0.2, -0.15) is 0 Å². The molecule has 152 valence electrons. The number of halogens is 2. The second-order valence-electron chi connectivity index (χ2n) is 7.46. The average molecular weight is 407 g/mol. The molecular formula is C22H28ClFN2O2. The maximum atomic E-state index is 15.4. The molecular weight excluding hydrogens is 379 g/mol. The molecule has 1 fully saturated rings. The molecule has 1 saturated carbocycles. The standard InChI is InChI=1S/C22H24ClFN2O2.2H2/c1-4-18(26-13(2)22(9-10-22)14(3)27)16-7-8-17(23)19(20(16)24)21(28)15-6-5-11-25-12-15;;/h5-8,11-13,18,26H,4,9-10H2,1-3H3;2*1H/t13-,18-;;/m1../s1. The Kier molecular flexibility index (Phi) is 5.96. The lowest BCUT2D eigenvalue weighted by Crippen LogP contribution is -2.41. The number of nitrogens with one attached hydrogen (secondary N) is 1. The molecule has 1 heterocycles. The van der Waals surface area contributed by atoms with Gasteiger partial charge < -0.3 is 5.32 Å². The van der Waals surface area contributed by atoms with E-state index in [1.165, 1.54) is 6.20 Å². The molecule has 28 heavy (non-hydrogen) atoms. The number of nitrogens with zero attached hydrogens (tertiary/aromatic N) is 1. The highest BCUT2D eigenvalue weighted by Gasteiger charge is 2.51. The molecule has 1 aromatic carbocycles. The van der Waals surface area contributed by atoms with Crippen molar-refractivity contribution < 1.29 is 16.8 Å². The molecule has 0 spiro atoms. The summed E-state index contributed by atoms with van der Waals surface area (Å²) in [7, 11) is 0. The van der Waals surface area contributed by atoms with Crippen LogP contribution in [0.3, 0.4) is 0 Å². The Hall–Kier alpha value is -2.11. The fourth-order valence-corrected chi connectivity index (χ4v) is 4.03. The summed E-state index contributed by atoms with van der Waals surface area (Å²) in [5.41, 5.74) is 0.159. The number of pyridine rings is 1. The third-order valence-electron chi connectivity index (χ3n) is 5.83. The zero-order valence-corrected chi connectivity index (χ0v) is 17.0. The second-order valence-corrected chi connectivity index (χ2v) is 7.87. The summed E-state index contributed by atoms with van der Waals surface area (Å²) >= 11 is 6.18. The number of hydrogen-bond donors (Lipinski definition) is 1. The molecule has 0 aliphatic heterocycles. The number of ketones is 2. The molecule has 6 heteroatoms. The predicted octanol–water partition coefficient (Wildman–Crippen LogP) is 5.40. The van der Waals surface area contributed by atoms with E-state index in [1.807, 2.05) is 13.8 Å². The Morgan fingerprint density at radius 2 is 2.07 bits per heavy atom. The molecule has 1 aliphatic rings. The molecule has 0 amide bonds. The monoisotopic (exact) mass is 406 g/mol. The maximum absolute atomic E-state index is 15.4. The van der Waals surface area contributed by atoms with E-state index in [0.29, 0.717) is 12.0 Å². The van der Waals surface area contributed by atoms with Gasteiger partial charge in [0.25, 0.3) is 0 Å². The lowest BCUT2D eigenvalue weighted by molar-refractivity contribution is -0.123. The van der Waals surface area contributed by atoms with Crippen molar-refractivity contribution in [2.24, 2.45) is 5.41 Å². The Labute approximate surface area is 172 Å². The number of Topliss-reactive ketones (excluding diaryl/α,β-unsaturated/α-hetero) is 1. The Bertz CT molecular complexity index is 908. The first-order valence-corrected chi connectivity index (χ1v) is 9.89. The van der Waals surface area contributed by atoms with Crippen LogP contribution in [0.2, 0.25) is 5.02 Å². The van der Waals surface area contributed by atoms with Gasteiger partial charge in [-0.25, -0.2) is 4.39 Å². The molecule has 3 rings (SSSR count). The molecule has 2 aromatic rings. The number of carbonyl (C=O) groups is 2. The van der Waals surface area contributed by atoms with Crippen molar-refractivity contribution in [3.8, 4) is 0 Å². The quantitative estimate of drug-likeness (QED) is 0.596. The summed E-state index contributed by atoms with van der Waals surface area (Å²) in [4.78, 5) is 28.7. The number of benzene rings is 1. The van der Waals surface area contributed by atoms with Crippen molar-refractivity contribution in [2.75, 3.05) is 0 Å². The Morgan fingerprint density at radius 1 is 1.36 bits per heavy atom. The van der Waals surface area contributed by atoms with Gasteiger partial charge in [0.2, 0.25) is 0 Å². The molecule has 2 atom stereocenters. The summed E-state index contributed by atoms with van der Waals surface area (Å²) in [6, 6.07) is 5.96. The van der Waals surface area contributed by atoms with Crippen molar-refractivity contribution in [1.82, 2.24) is 10.3 Å². The van der Waals surface area contributed by atoms with Crippen LogP contribution in [0.1, 0.15) is 70.4 Å². The number of rotatable bonds is 8. The van der Waals surface area contributed by atoms with E-state index < -0.39 is 11.6 Å². The minimum Gasteiger partial charge on any atom is -0.306 e. The molecule has 0 bridgehead atoms. The van der Waals surface area contributed by atoms with Crippen LogP contribution in [0, 0.1) is 11.2 Å². The fourth-order valence-electron chi connectivity index (χ4n) is 3.80. The summed E-state index contributed by atoms with van der Waals surface area (Å²) in [5, 5.41) is 3.48. The van der Waals surface area contributed by atoms with E-state index in [9.17, 15) is 9.59 Å². The lowest BCUT2D eigenvalue weighted by Gasteiger charge is -2.28. The summed E-state index contributed by atoms with van der Waals surface area (Å²) in [6.07, 6.45) is 5.25. The highest BCUT2D eigenvalue weighted by Crippen LogP contribution is 2.50. The maximum Gasteiger partial charge on any atom is 0.199 e. The van der Waals surface area contributed by atoms with E-state index in [1.54, 1.807) is 37.4 Å². The topological polar surface area (TPSA) is 59.1 Å². The molecule has 1 N–H and O–H groups in total. The van der Waals surface area contributed by atoms with Crippen LogP contribution in [-0.2, 0) is 4.79 Å². The minimum absolute atomic E-state index is 0. The van der Waals surface area contributed by atoms with Gasteiger partial charge in [0, 0.05) is 43.9 Å². The third kappa shape index (κ3) is 3.74. The molecule has 1 aliphatic carbocycles. The van der Waals surface area contributed by atoms with Crippen molar-refractivity contribution in [1.29, 1.82) is 0 Å². The smallest absolute Gasteiger partial charge is 0.199 e. The first-order chi connectivity index (χ1) is 13.3. The van der Waals surface area contributed by atoms with Gasteiger partial charge in [-0.05, 0) is 51.3 Å². The van der Waals surface area contributed by atoms with E-state index in [2.05, 4.69) is 10.3 Å². The zero-order valence-electron chi connectivity index (χ0n) is 16.3. The van der Waals surface area contributed by atoms with Gasteiger partial charge in [-0.3, -0.25) is 14.6 Å². The predicted molar refractivity (Wildman–Crippen MR) is 111 cm³/mol. The molecule has 0 saturated heterocycles. The molecule has 4 nitrogen and oxygen atoms in total. The highest BCUT2D eigenvalue weighted by molar-refractivity contribution is 6.35. The van der Waals surface area contributed by atoms with Crippen LogP contribution in [0.25, 0.3) is 0 Å². The van der Waals surface area contributed by atoms with E-state index in [4.69, 9.17) is 11.6 Å². The van der Waals surface area contributed by atoms with Gasteiger partial charge in [0.05, 0.1) is 10.6 Å². The summed E-state index contributed by atoms with van der Waals surface area (Å²) in [5.74, 6) is -0.963. The van der Waals surface area contributed by atoms with Crippen molar-refractivity contribution in [3.05, 3.63) is 64.2 Å². The Balaban J connectivity index is 0.00000225. The van der Waals surface area contributed by atoms with Crippen LogP contribution in [0.15, 0.2) is 36.7 Å². The Morgan fingerprint density at radius 3 is 2.61 bits per heavy atom. The fraction of sp³-hybridized carbons (Fsp3) is 0.409. The zero-order chi connectivity index (χ0) is 20.5. The second kappa shape index (κ2) is 8.10. The van der Waals surface area contributed by atoms with Gasteiger partial charge in [-0.1, -0.05) is 24.6 Å². The van der Waals surface area contributed by atoms with Crippen molar-refractivity contribution in [3.63, 3.8) is 0 Å². The summed E-state index contributed by atoms with van der Waals surface area (Å²) < 4.78 is 15.4. The molecule has 0 radical (unpaired) electrons. The van der Waals surface area contributed by atoms with E-state index in [0.717, 1.165) is 12.8 Å². The summed E-state index contributed by atoms with van der Waals surface area (Å²) in [6.45, 7) is 5.51. The number of hydrogen-bond acceptors (Lipinski definition) is 4. The van der Waals surface area contributed by atoms with Crippen molar-refractivity contribution >= 4 is 23.2 Å². The normalized spacial score (nSPS) is 17.0. The van der Waals surface area contributed by atoms with Gasteiger partial charge in [0.1, 0.15) is 11.6 Å². The SMILES string of the molecule is CC[C@@H](N[C@H](C)C1(C(C)=O)CC1)c1ccc(Cl)c(C(=O)c2cccnc2)c1F.[HH].[HH]. The van der Waals surface area contributed by atoms with Gasteiger partial charge >= 0.3 is 0 Å². The van der Waals surface area contributed by atoms with Gasteiger partial charge in [0.15, 0.2) is 5.78 Å². The molecule has 0 unspecified atom stereocenters. The third-order valence-corrected chi connectivity index (χ3v) is 6.14. The van der Waals surface area contributed by atoms with Crippen LogP contribution in [0.4, 0.5) is 4.39 Å². The average Bonchev–Trinajstić information content (AvgIpc) is 3.49. The first-order valence-electron chi connectivity index (χ1n) is 9.51. The first kappa shape index (κ1) is 20.6. The van der Waals surface area contributed by atoms with Crippen LogP contribution < -0.4 is 5.32 Å². The van der Waals surface area contributed by atoms with E-state index in [-0.39, 0.29) is 42.3 Å². The van der Waals surface area contributed by atoms with Crippen LogP contribution in [0.5, 0.6) is 0 Å². The molecule has 1 aromatic heterocycles. The number of aromatic nitrogens is 1. The van der Waals surface area contributed by atoms with Crippen LogP contribution in [-0.4, -0.2) is 22.6 Å². The largest absolute Gasteiger partial charge is 0.306 e. The highest BCUT2D eigenvalue weighted by atomic mass is 35.5. The van der Waals surface area contributed by atoms with Crippen LogP contribution >= 0.6 is 11.6 Å². The lowest BCUT2D eigenvalue weighted by atomic mass is 9.91. The van der Waals surface area contributed by atoms with Gasteiger partial charge in [-0.15, -0.1) is 0 Å². The van der Waals surface area contributed by atoms with E-state index >= 15 is 4.39 Å².